The van der Waals surface area contributed by atoms with Crippen LogP contribution in [-0.2, 0) is 17.3 Å². The summed E-state index contributed by atoms with van der Waals surface area (Å²) in [5.41, 5.74) is 24.7. The van der Waals surface area contributed by atoms with Crippen LogP contribution < -0.4 is 4.90 Å². The maximum Gasteiger partial charge on any atom is 0.134 e. The maximum atomic E-state index is 6.73. The fraction of sp³-hybridized carbons (Fsp3) is 0.212. The molecule has 69 heavy (non-hydrogen) atoms. The summed E-state index contributed by atoms with van der Waals surface area (Å²) >= 11 is 1.93. The molecule has 3 heteroatoms. The molecule has 9 aromatic rings. The van der Waals surface area contributed by atoms with Crippen LogP contribution in [0.5, 0.6) is 0 Å². The number of hydrogen-bond acceptors (Lipinski definition) is 3. The molecule has 7 aliphatic carbocycles. The molecule has 2 heterocycles. The van der Waals surface area contributed by atoms with Crippen molar-refractivity contribution in [2.45, 2.75) is 75.7 Å². The lowest BCUT2D eigenvalue weighted by molar-refractivity contribution is 0.414. The van der Waals surface area contributed by atoms with Crippen LogP contribution in [0.3, 0.4) is 0 Å². The van der Waals surface area contributed by atoms with E-state index in [0.29, 0.717) is 11.8 Å². The topological polar surface area (TPSA) is 16.4 Å². The molecule has 332 valence electrons. The number of thiophene rings is 1. The zero-order chi connectivity index (χ0) is 45.5. The molecule has 5 unspecified atom stereocenters. The molecule has 0 radical (unpaired) electrons. The number of anilines is 1. The fourth-order valence-electron chi connectivity index (χ4n) is 15.1. The van der Waals surface area contributed by atoms with Gasteiger partial charge < -0.3 is 9.32 Å². The Balaban J connectivity index is 0.998. The van der Waals surface area contributed by atoms with Gasteiger partial charge in [0.25, 0.3) is 0 Å². The number of furan rings is 1. The lowest BCUT2D eigenvalue weighted by Gasteiger charge is -2.43. The minimum atomic E-state index is -0.554. The average molecular weight is 906 g/mol. The summed E-state index contributed by atoms with van der Waals surface area (Å²) in [4.78, 5) is 2.90. The Morgan fingerprint density at radius 3 is 2.25 bits per heavy atom. The minimum absolute atomic E-state index is 0.0309. The molecule has 7 aliphatic rings. The molecule has 7 aromatic carbocycles. The first kappa shape index (κ1) is 39.0. The van der Waals surface area contributed by atoms with Crippen LogP contribution >= 0.6 is 11.3 Å². The summed E-state index contributed by atoms with van der Waals surface area (Å²) < 4.78 is 9.44. The molecular formula is C66H51NOS. The molecular weight excluding hydrogens is 855 g/mol. The molecule has 1 fully saturated rings. The molecule has 16 rings (SSSR count). The summed E-state index contributed by atoms with van der Waals surface area (Å²) in [6.07, 6.45) is 12.9. The molecule has 0 N–H and O–H groups in total. The van der Waals surface area contributed by atoms with E-state index in [2.05, 4.69) is 196 Å². The predicted molar refractivity (Wildman–Crippen MR) is 287 cm³/mol. The first-order valence-electron chi connectivity index (χ1n) is 25.4. The van der Waals surface area contributed by atoms with Crippen LogP contribution in [-0.4, -0.2) is 6.04 Å². The van der Waals surface area contributed by atoms with E-state index in [1.807, 2.05) is 11.3 Å². The number of nitrogens with zero attached hydrogens (tertiary/aromatic N) is 1. The highest BCUT2D eigenvalue weighted by Gasteiger charge is 2.58. The molecule has 1 spiro atoms. The van der Waals surface area contributed by atoms with E-state index < -0.39 is 5.41 Å². The van der Waals surface area contributed by atoms with Crippen molar-refractivity contribution in [2.24, 2.45) is 11.8 Å². The summed E-state index contributed by atoms with van der Waals surface area (Å²) in [7, 11) is 0. The number of benzene rings is 7. The molecule has 0 bridgehead atoms. The summed E-state index contributed by atoms with van der Waals surface area (Å²) in [6.45, 7) is 7.37. The van der Waals surface area contributed by atoms with Crippen molar-refractivity contribution < 1.29 is 4.42 Å². The van der Waals surface area contributed by atoms with E-state index in [1.165, 1.54) is 115 Å². The smallest absolute Gasteiger partial charge is 0.134 e. The van der Waals surface area contributed by atoms with E-state index in [9.17, 15) is 0 Å². The monoisotopic (exact) mass is 905 g/mol. The number of para-hydroxylation sites is 1. The Morgan fingerprint density at radius 2 is 1.38 bits per heavy atom. The Labute approximate surface area is 407 Å². The molecule has 0 aliphatic heterocycles. The van der Waals surface area contributed by atoms with Crippen LogP contribution in [0.4, 0.5) is 5.69 Å². The van der Waals surface area contributed by atoms with Crippen LogP contribution in [0.1, 0.15) is 97.1 Å². The lowest BCUT2D eigenvalue weighted by Crippen LogP contribution is -2.41. The van der Waals surface area contributed by atoms with Crippen LogP contribution in [0.15, 0.2) is 191 Å². The second kappa shape index (κ2) is 13.6. The van der Waals surface area contributed by atoms with Crippen LogP contribution in [0.25, 0.3) is 64.5 Å². The highest BCUT2D eigenvalue weighted by molar-refractivity contribution is 7.26. The second-order valence-corrected chi connectivity index (χ2v) is 22.8. The van der Waals surface area contributed by atoms with Crippen molar-refractivity contribution in [3.63, 3.8) is 0 Å². The van der Waals surface area contributed by atoms with Gasteiger partial charge in [0.2, 0.25) is 0 Å². The third-order valence-electron chi connectivity index (χ3n) is 18.0. The standard InChI is InChI=1S/C66H51NOS/c1-37-32-39(33-50-44-19-9-14-26-58(44)68-64(37)50)67(38-28-29-43-42-18-6-11-23-51(42)65(2,3)55(43)34-38)57-36-56-61(49-35-48(49)57)45-20-5-4-16-40(45)41-17-7-12-24-52(41)66(56)53-25-13-8-21-46(53)62-54(66)30-31-60-63(62)47-22-10-15-27-59(47)69-60/h4-10,12-22,24-31,34,36-37,39,48-49H,11,23,32-33,35H2,1-3H3. The molecule has 5 atom stereocenters. The van der Waals surface area contributed by atoms with Gasteiger partial charge in [0, 0.05) is 65.8 Å². The van der Waals surface area contributed by atoms with Gasteiger partial charge in [-0.2, -0.15) is 0 Å². The first-order chi connectivity index (χ1) is 33.9. The third-order valence-corrected chi connectivity index (χ3v) is 19.1. The molecule has 2 aromatic heterocycles. The predicted octanol–water partition coefficient (Wildman–Crippen LogP) is 17.1. The SMILES string of the molecule is CC1CC(N(C2=CC3=C(c4ccccc4-c4ccccc4C34c3ccccc3-c3c4ccc4sc5ccccc5c34)C3CC23)c2ccc3c(c2)C(C)(C)C2=C3C=CCC2)Cc2c1oc1ccccc21. The average Bonchev–Trinajstić information content (AvgIpc) is 3.76. The van der Waals surface area contributed by atoms with Crippen molar-refractivity contribution in [2.75, 3.05) is 4.90 Å². The Kier molecular flexibility index (Phi) is 7.70. The van der Waals surface area contributed by atoms with Gasteiger partial charge in [-0.15, -0.1) is 11.3 Å². The number of allylic oxidation sites excluding steroid dienone is 8. The van der Waals surface area contributed by atoms with Crippen LogP contribution in [0, 0.1) is 11.8 Å². The van der Waals surface area contributed by atoms with E-state index in [4.69, 9.17) is 4.42 Å². The lowest BCUT2D eigenvalue weighted by atomic mass is 9.64. The van der Waals surface area contributed by atoms with E-state index in [0.717, 1.165) is 37.7 Å². The van der Waals surface area contributed by atoms with Crippen molar-refractivity contribution >= 4 is 59.3 Å². The largest absolute Gasteiger partial charge is 0.460 e. The third kappa shape index (κ3) is 4.97. The van der Waals surface area contributed by atoms with Gasteiger partial charge in [-0.25, -0.2) is 0 Å². The van der Waals surface area contributed by atoms with Gasteiger partial charge in [0.15, 0.2) is 0 Å². The van der Waals surface area contributed by atoms with Crippen molar-refractivity contribution in [1.82, 2.24) is 0 Å². The van der Waals surface area contributed by atoms with E-state index in [-0.39, 0.29) is 17.4 Å². The fourth-order valence-corrected chi connectivity index (χ4v) is 16.2. The van der Waals surface area contributed by atoms with Gasteiger partial charge in [0.1, 0.15) is 11.3 Å². The van der Waals surface area contributed by atoms with Gasteiger partial charge in [-0.05, 0) is 147 Å². The number of fused-ring (bicyclic) bond motifs is 22. The quantitative estimate of drug-likeness (QED) is 0.176. The highest BCUT2D eigenvalue weighted by atomic mass is 32.1. The summed E-state index contributed by atoms with van der Waals surface area (Å²) in [6, 6.07) is 59.1. The Morgan fingerprint density at radius 1 is 0.638 bits per heavy atom. The van der Waals surface area contributed by atoms with Crippen molar-refractivity contribution in [1.29, 1.82) is 0 Å². The normalized spacial score (nSPS) is 24.0. The zero-order valence-electron chi connectivity index (χ0n) is 39.3. The summed E-state index contributed by atoms with van der Waals surface area (Å²) in [5.74, 6) is 2.27. The van der Waals surface area contributed by atoms with E-state index in [1.54, 1.807) is 11.1 Å². The maximum absolute atomic E-state index is 6.73. The van der Waals surface area contributed by atoms with E-state index >= 15 is 0 Å². The molecule has 0 amide bonds. The van der Waals surface area contributed by atoms with Gasteiger partial charge >= 0.3 is 0 Å². The van der Waals surface area contributed by atoms with Gasteiger partial charge in [-0.3, -0.25) is 0 Å². The first-order valence-corrected chi connectivity index (χ1v) is 26.3. The molecule has 2 nitrogen and oxygen atoms in total. The van der Waals surface area contributed by atoms with Crippen LogP contribution in [0.2, 0.25) is 0 Å². The highest BCUT2D eigenvalue weighted by Crippen LogP contribution is 2.69. The molecule has 1 saturated carbocycles. The van der Waals surface area contributed by atoms with Crippen molar-refractivity contribution in [3.05, 3.63) is 231 Å². The summed E-state index contributed by atoms with van der Waals surface area (Å²) in [5, 5.41) is 4.03. The molecule has 0 saturated heterocycles. The second-order valence-electron chi connectivity index (χ2n) is 21.7. The minimum Gasteiger partial charge on any atom is -0.460 e. The van der Waals surface area contributed by atoms with Gasteiger partial charge in [0.05, 0.1) is 5.41 Å². The van der Waals surface area contributed by atoms with Crippen molar-refractivity contribution in [3.8, 4) is 22.3 Å². The Hall–Kier alpha value is -6.94. The Bertz CT molecular complexity index is 3920. The van der Waals surface area contributed by atoms with Gasteiger partial charge in [-0.1, -0.05) is 160 Å². The zero-order valence-corrected chi connectivity index (χ0v) is 40.1. The number of hydrogen-bond donors (Lipinski definition) is 0. The number of rotatable bonds is 3.